The number of nitrogens with zero attached hydrogens (tertiary/aromatic N) is 2. The Morgan fingerprint density at radius 2 is 2.04 bits per heavy atom. The maximum Gasteiger partial charge on any atom is 0.258 e. The van der Waals surface area contributed by atoms with E-state index in [0.29, 0.717) is 29.8 Å². The Bertz CT molecular complexity index is 1000. The third-order valence-corrected chi connectivity index (χ3v) is 4.93. The van der Waals surface area contributed by atoms with E-state index in [9.17, 15) is 9.59 Å². The number of aromatic nitrogens is 2. The molecule has 0 radical (unpaired) electrons. The fraction of sp³-hybridized carbons (Fsp3) is 0.250. The predicted octanol–water partition coefficient (Wildman–Crippen LogP) is 3.11. The Kier molecular flexibility index (Phi) is 6.26. The summed E-state index contributed by atoms with van der Waals surface area (Å²) in [7, 11) is 0. The van der Waals surface area contributed by atoms with E-state index in [0.717, 1.165) is 10.6 Å². The van der Waals surface area contributed by atoms with Crippen molar-refractivity contribution >= 4 is 34.3 Å². The molecule has 0 saturated heterocycles. The van der Waals surface area contributed by atoms with Crippen molar-refractivity contribution in [2.45, 2.75) is 18.4 Å². The highest BCUT2D eigenvalue weighted by molar-refractivity contribution is 7.98. The number of para-hydroxylation sites is 1. The minimum Gasteiger partial charge on any atom is -0.325 e. The van der Waals surface area contributed by atoms with Crippen molar-refractivity contribution in [2.24, 2.45) is 0 Å². The van der Waals surface area contributed by atoms with Crippen LogP contribution in [-0.4, -0.2) is 40.1 Å². The molecule has 7 heteroatoms. The van der Waals surface area contributed by atoms with E-state index in [1.807, 2.05) is 60.5 Å². The normalized spacial score (nSPS) is 11.1. The van der Waals surface area contributed by atoms with Crippen LogP contribution in [0.4, 0.5) is 5.69 Å². The number of fused-ring (bicyclic) bond motifs is 1. The average molecular weight is 382 g/mol. The van der Waals surface area contributed by atoms with Gasteiger partial charge < -0.3 is 10.3 Å². The Balaban J connectivity index is 1.68. The van der Waals surface area contributed by atoms with Crippen molar-refractivity contribution < 1.29 is 4.79 Å². The molecule has 6 nitrogen and oxygen atoms in total. The summed E-state index contributed by atoms with van der Waals surface area (Å²) in [5, 5.41) is 3.49. The van der Waals surface area contributed by atoms with E-state index in [1.54, 1.807) is 17.8 Å². The van der Waals surface area contributed by atoms with Gasteiger partial charge in [0.2, 0.25) is 5.91 Å². The number of benzene rings is 2. The lowest BCUT2D eigenvalue weighted by atomic mass is 10.2. The van der Waals surface area contributed by atoms with E-state index in [4.69, 9.17) is 0 Å². The second-order valence-electron chi connectivity index (χ2n) is 6.11. The molecule has 1 amide bonds. The van der Waals surface area contributed by atoms with Crippen LogP contribution in [-0.2, 0) is 11.3 Å². The quantitative estimate of drug-likeness (QED) is 0.614. The van der Waals surface area contributed by atoms with E-state index in [-0.39, 0.29) is 18.0 Å². The fourth-order valence-corrected chi connectivity index (χ4v) is 3.26. The van der Waals surface area contributed by atoms with Gasteiger partial charge in [-0.3, -0.25) is 14.5 Å². The van der Waals surface area contributed by atoms with Crippen molar-refractivity contribution in [3.63, 3.8) is 0 Å². The van der Waals surface area contributed by atoms with Crippen molar-refractivity contribution in [3.8, 4) is 0 Å². The van der Waals surface area contributed by atoms with Crippen LogP contribution in [0.1, 0.15) is 12.7 Å². The average Bonchev–Trinajstić information content (AvgIpc) is 2.67. The van der Waals surface area contributed by atoms with Gasteiger partial charge in [-0.15, -0.1) is 11.8 Å². The van der Waals surface area contributed by atoms with E-state index >= 15 is 0 Å². The molecule has 0 unspecified atom stereocenters. The van der Waals surface area contributed by atoms with Gasteiger partial charge in [-0.2, -0.15) is 0 Å². The highest BCUT2D eigenvalue weighted by atomic mass is 32.2. The summed E-state index contributed by atoms with van der Waals surface area (Å²) >= 11 is 1.63. The molecular formula is C20H22N4O2S. The summed E-state index contributed by atoms with van der Waals surface area (Å²) in [5.41, 5.74) is 1.27. The molecule has 0 spiro atoms. The van der Waals surface area contributed by atoms with Gasteiger partial charge in [0.1, 0.15) is 5.82 Å². The van der Waals surface area contributed by atoms with Crippen LogP contribution in [0, 0.1) is 0 Å². The Morgan fingerprint density at radius 3 is 2.81 bits per heavy atom. The molecule has 0 aliphatic heterocycles. The van der Waals surface area contributed by atoms with Gasteiger partial charge >= 0.3 is 0 Å². The van der Waals surface area contributed by atoms with Crippen LogP contribution < -0.4 is 10.9 Å². The first-order chi connectivity index (χ1) is 13.1. The lowest BCUT2D eigenvalue weighted by Gasteiger charge is -2.19. The molecule has 0 saturated carbocycles. The van der Waals surface area contributed by atoms with Crippen molar-refractivity contribution in [3.05, 3.63) is 64.7 Å². The number of amides is 1. The van der Waals surface area contributed by atoms with Crippen molar-refractivity contribution in [1.82, 2.24) is 14.9 Å². The Morgan fingerprint density at radius 1 is 1.22 bits per heavy atom. The topological polar surface area (TPSA) is 78.1 Å². The third kappa shape index (κ3) is 4.96. The van der Waals surface area contributed by atoms with Crippen LogP contribution in [0.3, 0.4) is 0 Å². The first-order valence-corrected chi connectivity index (χ1v) is 9.95. The number of likely N-dealkylation sites (N-methyl/N-ethyl adjacent to an activating group) is 1. The fourth-order valence-electron chi connectivity index (χ4n) is 2.81. The number of anilines is 1. The van der Waals surface area contributed by atoms with Gasteiger partial charge in [-0.25, -0.2) is 4.98 Å². The second-order valence-corrected chi connectivity index (χ2v) is 6.99. The molecule has 3 rings (SSSR count). The summed E-state index contributed by atoms with van der Waals surface area (Å²) in [5.74, 6) is 0.455. The van der Waals surface area contributed by atoms with E-state index < -0.39 is 0 Å². The molecule has 1 aromatic heterocycles. The molecular weight excluding hydrogens is 360 g/mol. The number of carbonyl (C=O) groups excluding carboxylic acids is 1. The maximum atomic E-state index is 12.4. The standard InChI is InChI=1S/C20H22N4O2S/c1-3-24(13-19(25)21-14-7-6-8-15(11-14)27-2)12-18-22-17-10-5-4-9-16(17)20(26)23-18/h4-11H,3,12-13H2,1-2H3,(H,21,25)(H,22,23,26). The zero-order chi connectivity index (χ0) is 19.2. The smallest absolute Gasteiger partial charge is 0.258 e. The van der Waals surface area contributed by atoms with Gasteiger partial charge in [-0.05, 0) is 43.1 Å². The molecule has 140 valence electrons. The van der Waals surface area contributed by atoms with Crippen LogP contribution in [0.5, 0.6) is 0 Å². The number of rotatable bonds is 7. The van der Waals surface area contributed by atoms with Crippen molar-refractivity contribution in [2.75, 3.05) is 24.7 Å². The number of H-pyrrole nitrogens is 1. The molecule has 1 heterocycles. The lowest BCUT2D eigenvalue weighted by molar-refractivity contribution is -0.117. The molecule has 2 aromatic carbocycles. The molecule has 27 heavy (non-hydrogen) atoms. The number of nitrogens with one attached hydrogen (secondary N) is 2. The molecule has 0 atom stereocenters. The lowest BCUT2D eigenvalue weighted by Crippen LogP contribution is -2.33. The largest absolute Gasteiger partial charge is 0.325 e. The molecule has 0 bridgehead atoms. The summed E-state index contributed by atoms with van der Waals surface area (Å²) in [6.45, 7) is 3.25. The van der Waals surface area contributed by atoms with Gasteiger partial charge in [0, 0.05) is 10.6 Å². The highest BCUT2D eigenvalue weighted by Crippen LogP contribution is 2.19. The van der Waals surface area contributed by atoms with Crippen LogP contribution in [0.15, 0.2) is 58.2 Å². The molecule has 3 aromatic rings. The second kappa shape index (κ2) is 8.83. The zero-order valence-corrected chi connectivity index (χ0v) is 16.2. The number of thioether (sulfide) groups is 1. The summed E-state index contributed by atoms with van der Waals surface area (Å²) in [6.07, 6.45) is 2.00. The highest BCUT2D eigenvalue weighted by Gasteiger charge is 2.12. The van der Waals surface area contributed by atoms with E-state index in [1.165, 1.54) is 0 Å². The van der Waals surface area contributed by atoms with Gasteiger partial charge in [0.05, 0.1) is 24.0 Å². The van der Waals surface area contributed by atoms with E-state index in [2.05, 4.69) is 15.3 Å². The van der Waals surface area contributed by atoms with Crippen LogP contribution in [0.2, 0.25) is 0 Å². The Hall–Kier alpha value is -2.64. The molecule has 0 aliphatic carbocycles. The minimum atomic E-state index is -0.162. The van der Waals surface area contributed by atoms with Gasteiger partial charge in [0.25, 0.3) is 5.56 Å². The summed E-state index contributed by atoms with van der Waals surface area (Å²) in [6, 6.07) is 15.0. The Labute approximate surface area is 162 Å². The first kappa shape index (κ1) is 19.1. The van der Waals surface area contributed by atoms with Crippen molar-refractivity contribution in [1.29, 1.82) is 0 Å². The predicted molar refractivity (Wildman–Crippen MR) is 110 cm³/mol. The maximum absolute atomic E-state index is 12.4. The van der Waals surface area contributed by atoms with Gasteiger partial charge in [-0.1, -0.05) is 25.1 Å². The van der Waals surface area contributed by atoms with Gasteiger partial charge in [0.15, 0.2) is 0 Å². The molecule has 0 fully saturated rings. The number of carbonyl (C=O) groups is 1. The molecule has 2 N–H and O–H groups in total. The summed E-state index contributed by atoms with van der Waals surface area (Å²) < 4.78 is 0. The molecule has 0 aliphatic rings. The monoisotopic (exact) mass is 382 g/mol. The van der Waals surface area contributed by atoms with Crippen LogP contribution >= 0.6 is 11.8 Å². The number of aromatic amines is 1. The SMILES string of the molecule is CCN(CC(=O)Nc1cccc(SC)c1)Cc1nc2ccccc2c(=O)[nH]1. The minimum absolute atomic E-state index is 0.0989. The first-order valence-electron chi connectivity index (χ1n) is 8.73. The number of hydrogen-bond donors (Lipinski definition) is 2. The number of hydrogen-bond acceptors (Lipinski definition) is 5. The zero-order valence-electron chi connectivity index (χ0n) is 15.4. The summed E-state index contributed by atoms with van der Waals surface area (Å²) in [4.78, 5) is 34.9. The van der Waals surface area contributed by atoms with Crippen LogP contribution in [0.25, 0.3) is 10.9 Å². The third-order valence-electron chi connectivity index (χ3n) is 4.20.